The monoisotopic (exact) mass is 281 g/mol. The highest BCUT2D eigenvalue weighted by Gasteiger charge is 2.16. The van der Waals surface area contributed by atoms with Gasteiger partial charge in [0.25, 0.3) is 0 Å². The summed E-state index contributed by atoms with van der Waals surface area (Å²) in [5.41, 5.74) is 2.02. The van der Waals surface area contributed by atoms with Crippen molar-refractivity contribution in [2.24, 2.45) is 0 Å². The quantitative estimate of drug-likeness (QED) is 0.783. The Hall–Kier alpha value is -1.67. The number of hydrogen-bond acceptors (Lipinski definition) is 2. The molecule has 1 saturated heterocycles. The third kappa shape index (κ3) is 3.16. The maximum atomic E-state index is 12.7. The lowest BCUT2D eigenvalue weighted by Gasteiger charge is -2.26. The minimum Gasteiger partial charge on any atom is -0.303 e. The summed E-state index contributed by atoms with van der Waals surface area (Å²) in [7, 11) is 0. The van der Waals surface area contributed by atoms with E-state index in [2.05, 4.69) is 29.2 Å². The highest BCUT2D eigenvalue weighted by atomic mass is 16.1. The maximum Gasteiger partial charge on any atom is 0.165 e. The summed E-state index contributed by atoms with van der Waals surface area (Å²) in [5, 5.41) is 2.26. The average molecular weight is 281 g/mol. The number of Topliss-reactive ketones (excluding diaryl/α,β-unsaturated/α-hetero) is 1. The van der Waals surface area contributed by atoms with Crippen molar-refractivity contribution in [1.29, 1.82) is 0 Å². The van der Waals surface area contributed by atoms with E-state index in [-0.39, 0.29) is 5.78 Å². The molecular formula is C19H23NO. The molecule has 1 heterocycles. The molecule has 2 heteroatoms. The van der Waals surface area contributed by atoms with Gasteiger partial charge in [0.05, 0.1) is 0 Å². The number of nitrogens with zero attached hydrogens (tertiary/aromatic N) is 1. The summed E-state index contributed by atoms with van der Waals surface area (Å²) in [5.74, 6) is 0.287. The Kier molecular flexibility index (Phi) is 4.35. The van der Waals surface area contributed by atoms with Gasteiger partial charge in [0.2, 0.25) is 0 Å². The van der Waals surface area contributed by atoms with Crippen molar-refractivity contribution < 1.29 is 4.79 Å². The molecule has 21 heavy (non-hydrogen) atoms. The molecule has 0 N–H and O–H groups in total. The number of benzene rings is 2. The number of aryl methyl sites for hydroxylation is 1. The number of carbonyl (C=O) groups is 1. The Morgan fingerprint density at radius 2 is 1.81 bits per heavy atom. The first-order chi connectivity index (χ1) is 10.3. The third-order valence-electron chi connectivity index (χ3n) is 4.52. The van der Waals surface area contributed by atoms with Crippen molar-refractivity contribution in [3.8, 4) is 0 Å². The van der Waals surface area contributed by atoms with Crippen LogP contribution in [-0.4, -0.2) is 30.3 Å². The van der Waals surface area contributed by atoms with Crippen LogP contribution in [-0.2, 0) is 0 Å². The number of piperidine rings is 1. The molecule has 0 atom stereocenters. The summed E-state index contributed by atoms with van der Waals surface area (Å²) >= 11 is 0. The van der Waals surface area contributed by atoms with Gasteiger partial charge < -0.3 is 4.90 Å². The SMILES string of the molecule is Cc1ccc2ccccc2c1C(=O)CCN1CCCCC1. The fourth-order valence-corrected chi connectivity index (χ4v) is 3.32. The van der Waals surface area contributed by atoms with Crippen LogP contribution in [0.3, 0.4) is 0 Å². The lowest BCUT2D eigenvalue weighted by molar-refractivity contribution is 0.0959. The number of likely N-dealkylation sites (tertiary alicyclic amines) is 1. The smallest absolute Gasteiger partial charge is 0.165 e. The molecule has 3 rings (SSSR count). The van der Waals surface area contributed by atoms with Gasteiger partial charge in [0.1, 0.15) is 0 Å². The first-order valence-corrected chi connectivity index (χ1v) is 7.99. The summed E-state index contributed by atoms with van der Waals surface area (Å²) < 4.78 is 0. The van der Waals surface area contributed by atoms with Gasteiger partial charge >= 0.3 is 0 Å². The van der Waals surface area contributed by atoms with Crippen LogP contribution in [0, 0.1) is 6.92 Å². The molecule has 1 aliphatic rings. The minimum atomic E-state index is 0.287. The van der Waals surface area contributed by atoms with Crippen molar-refractivity contribution in [1.82, 2.24) is 4.90 Å². The third-order valence-corrected chi connectivity index (χ3v) is 4.52. The number of carbonyl (C=O) groups excluding carboxylic acids is 1. The lowest BCUT2D eigenvalue weighted by Crippen LogP contribution is -2.31. The second-order valence-electron chi connectivity index (χ2n) is 6.05. The number of ketones is 1. The van der Waals surface area contributed by atoms with Crippen LogP contribution >= 0.6 is 0 Å². The standard InChI is InChI=1S/C19H23NO/c1-15-9-10-16-7-3-4-8-17(16)19(15)18(21)11-14-20-12-5-2-6-13-20/h3-4,7-10H,2,5-6,11-14H2,1H3. The molecule has 2 aromatic carbocycles. The van der Waals surface area contributed by atoms with Crippen molar-refractivity contribution in [2.45, 2.75) is 32.6 Å². The molecule has 1 fully saturated rings. The van der Waals surface area contributed by atoms with Gasteiger partial charge in [-0.15, -0.1) is 0 Å². The van der Waals surface area contributed by atoms with Crippen molar-refractivity contribution in [3.63, 3.8) is 0 Å². The minimum absolute atomic E-state index is 0.287. The molecular weight excluding hydrogens is 258 g/mol. The molecule has 0 unspecified atom stereocenters. The Labute approximate surface area is 126 Å². The van der Waals surface area contributed by atoms with E-state index in [1.807, 2.05) is 19.1 Å². The van der Waals surface area contributed by atoms with Crippen LogP contribution in [0.5, 0.6) is 0 Å². The second kappa shape index (κ2) is 6.40. The molecule has 0 saturated carbocycles. The normalized spacial score (nSPS) is 16.2. The first-order valence-electron chi connectivity index (χ1n) is 7.99. The van der Waals surface area contributed by atoms with Gasteiger partial charge in [0.15, 0.2) is 5.78 Å². The van der Waals surface area contributed by atoms with E-state index < -0.39 is 0 Å². The second-order valence-corrected chi connectivity index (χ2v) is 6.05. The summed E-state index contributed by atoms with van der Waals surface area (Å²) in [4.78, 5) is 15.1. The Morgan fingerprint density at radius 3 is 2.62 bits per heavy atom. The zero-order valence-corrected chi connectivity index (χ0v) is 12.8. The molecule has 0 spiro atoms. The van der Waals surface area contributed by atoms with Crippen LogP contribution in [0.25, 0.3) is 10.8 Å². The molecule has 0 radical (unpaired) electrons. The van der Waals surface area contributed by atoms with E-state index in [9.17, 15) is 4.79 Å². The lowest BCUT2D eigenvalue weighted by atomic mass is 9.95. The fourth-order valence-electron chi connectivity index (χ4n) is 3.32. The van der Waals surface area contributed by atoms with E-state index in [1.54, 1.807) is 0 Å². The Morgan fingerprint density at radius 1 is 1.05 bits per heavy atom. The number of fused-ring (bicyclic) bond motifs is 1. The van der Waals surface area contributed by atoms with Gasteiger partial charge in [0, 0.05) is 18.5 Å². The average Bonchev–Trinajstić information content (AvgIpc) is 2.53. The first kappa shape index (κ1) is 14.3. The molecule has 2 aromatic rings. The van der Waals surface area contributed by atoms with Crippen LogP contribution in [0.1, 0.15) is 41.6 Å². The highest BCUT2D eigenvalue weighted by molar-refractivity contribution is 6.09. The Bertz CT molecular complexity index is 641. The fraction of sp³-hybridized carbons (Fsp3) is 0.421. The molecule has 2 nitrogen and oxygen atoms in total. The number of hydrogen-bond donors (Lipinski definition) is 0. The van der Waals surface area contributed by atoms with E-state index in [4.69, 9.17) is 0 Å². The van der Waals surface area contributed by atoms with E-state index in [0.717, 1.165) is 41.5 Å². The highest BCUT2D eigenvalue weighted by Crippen LogP contribution is 2.23. The van der Waals surface area contributed by atoms with Crippen LogP contribution < -0.4 is 0 Å². The number of rotatable bonds is 4. The van der Waals surface area contributed by atoms with Gasteiger partial charge in [-0.05, 0) is 49.2 Å². The van der Waals surface area contributed by atoms with Crippen molar-refractivity contribution in [3.05, 3.63) is 47.5 Å². The van der Waals surface area contributed by atoms with Crippen molar-refractivity contribution >= 4 is 16.6 Å². The van der Waals surface area contributed by atoms with Crippen LogP contribution in [0.15, 0.2) is 36.4 Å². The van der Waals surface area contributed by atoms with Gasteiger partial charge in [-0.2, -0.15) is 0 Å². The van der Waals surface area contributed by atoms with Crippen LogP contribution in [0.2, 0.25) is 0 Å². The zero-order valence-electron chi connectivity index (χ0n) is 12.8. The molecule has 1 aliphatic heterocycles. The molecule has 0 aromatic heterocycles. The topological polar surface area (TPSA) is 20.3 Å². The summed E-state index contributed by atoms with van der Waals surface area (Å²) in [6.45, 7) is 5.26. The zero-order chi connectivity index (χ0) is 14.7. The predicted molar refractivity (Wildman–Crippen MR) is 87.9 cm³/mol. The van der Waals surface area contributed by atoms with E-state index in [1.165, 1.54) is 19.3 Å². The molecule has 110 valence electrons. The largest absolute Gasteiger partial charge is 0.303 e. The molecule has 0 bridgehead atoms. The summed E-state index contributed by atoms with van der Waals surface area (Å²) in [6.07, 6.45) is 4.53. The van der Waals surface area contributed by atoms with E-state index >= 15 is 0 Å². The maximum absolute atomic E-state index is 12.7. The molecule has 0 amide bonds. The summed E-state index contributed by atoms with van der Waals surface area (Å²) in [6, 6.07) is 12.4. The van der Waals surface area contributed by atoms with Crippen molar-refractivity contribution in [2.75, 3.05) is 19.6 Å². The Balaban J connectivity index is 1.79. The predicted octanol–water partition coefficient (Wildman–Crippen LogP) is 4.21. The van der Waals surface area contributed by atoms with Crippen LogP contribution in [0.4, 0.5) is 0 Å². The van der Waals surface area contributed by atoms with Gasteiger partial charge in [-0.3, -0.25) is 4.79 Å². The van der Waals surface area contributed by atoms with Gasteiger partial charge in [-0.1, -0.05) is 42.8 Å². The molecule has 0 aliphatic carbocycles. The van der Waals surface area contributed by atoms with E-state index in [0.29, 0.717) is 6.42 Å². The van der Waals surface area contributed by atoms with Gasteiger partial charge in [-0.25, -0.2) is 0 Å².